The topological polar surface area (TPSA) is 59.2 Å². The first-order valence-corrected chi connectivity index (χ1v) is 5.06. The van der Waals surface area contributed by atoms with Crippen molar-refractivity contribution in [2.24, 2.45) is 0 Å². The van der Waals surface area contributed by atoms with Crippen LogP contribution in [0, 0.1) is 5.82 Å². The van der Waals surface area contributed by atoms with Crippen molar-refractivity contribution in [1.29, 1.82) is 0 Å². The summed E-state index contributed by atoms with van der Waals surface area (Å²) >= 11 is 0. The Labute approximate surface area is 90.7 Å². The van der Waals surface area contributed by atoms with Crippen LogP contribution >= 0.6 is 0 Å². The molecule has 82 valence electrons. The maximum atomic E-state index is 13.0. The SMILES string of the molecule is Oc1ccc(F)cc1-c1nc(C2CC2)no1. The molecule has 0 aliphatic heterocycles. The molecule has 0 amide bonds. The quantitative estimate of drug-likeness (QED) is 0.844. The maximum Gasteiger partial charge on any atom is 0.261 e. The van der Waals surface area contributed by atoms with Crippen molar-refractivity contribution in [3.05, 3.63) is 29.8 Å². The molecule has 4 nitrogen and oxygen atoms in total. The first-order chi connectivity index (χ1) is 7.74. The van der Waals surface area contributed by atoms with Crippen LogP contribution in [0.3, 0.4) is 0 Å². The molecular weight excluding hydrogens is 211 g/mol. The second-order valence-electron chi connectivity index (χ2n) is 3.89. The summed E-state index contributed by atoms with van der Waals surface area (Å²) in [7, 11) is 0. The molecule has 1 heterocycles. The fourth-order valence-corrected chi connectivity index (χ4v) is 1.53. The van der Waals surface area contributed by atoms with Crippen molar-refractivity contribution in [3.63, 3.8) is 0 Å². The highest BCUT2D eigenvalue weighted by Crippen LogP contribution is 2.39. The molecule has 0 atom stereocenters. The number of rotatable bonds is 2. The molecular formula is C11H9FN2O2. The van der Waals surface area contributed by atoms with Gasteiger partial charge in [-0.2, -0.15) is 4.98 Å². The van der Waals surface area contributed by atoms with Gasteiger partial charge in [-0.3, -0.25) is 0 Å². The molecule has 3 rings (SSSR count). The highest BCUT2D eigenvalue weighted by Gasteiger charge is 2.29. The standard InChI is InChI=1S/C11H9FN2O2/c12-7-3-4-9(15)8(5-7)11-13-10(14-16-11)6-1-2-6/h3-6,15H,1-2H2. The molecule has 2 aromatic rings. The molecule has 0 saturated heterocycles. The Kier molecular flexibility index (Phi) is 1.92. The van der Waals surface area contributed by atoms with Gasteiger partial charge in [0.25, 0.3) is 5.89 Å². The Hall–Kier alpha value is -1.91. The van der Waals surface area contributed by atoms with Crippen LogP contribution in [0.25, 0.3) is 11.5 Å². The summed E-state index contributed by atoms with van der Waals surface area (Å²) in [5.41, 5.74) is 0.236. The Morgan fingerprint density at radius 3 is 2.94 bits per heavy atom. The smallest absolute Gasteiger partial charge is 0.261 e. The molecule has 0 unspecified atom stereocenters. The number of phenols is 1. The zero-order valence-electron chi connectivity index (χ0n) is 8.35. The zero-order chi connectivity index (χ0) is 11.1. The summed E-state index contributed by atoms with van der Waals surface area (Å²) in [5, 5.41) is 13.4. The lowest BCUT2D eigenvalue weighted by Gasteiger charge is -1.98. The highest BCUT2D eigenvalue weighted by molar-refractivity contribution is 5.61. The van der Waals surface area contributed by atoms with E-state index in [-0.39, 0.29) is 17.2 Å². The summed E-state index contributed by atoms with van der Waals surface area (Å²) < 4.78 is 18.0. The lowest BCUT2D eigenvalue weighted by atomic mass is 10.2. The number of hydrogen-bond donors (Lipinski definition) is 1. The zero-order valence-corrected chi connectivity index (χ0v) is 8.35. The largest absolute Gasteiger partial charge is 0.507 e. The lowest BCUT2D eigenvalue weighted by Crippen LogP contribution is -1.84. The van der Waals surface area contributed by atoms with Gasteiger partial charge in [0.1, 0.15) is 11.6 Å². The van der Waals surface area contributed by atoms with Gasteiger partial charge in [-0.1, -0.05) is 5.16 Å². The van der Waals surface area contributed by atoms with Crippen molar-refractivity contribution >= 4 is 0 Å². The van der Waals surface area contributed by atoms with Crippen LogP contribution in [0.1, 0.15) is 24.6 Å². The van der Waals surface area contributed by atoms with E-state index in [0.29, 0.717) is 11.7 Å². The van der Waals surface area contributed by atoms with Crippen LogP contribution < -0.4 is 0 Å². The van der Waals surface area contributed by atoms with Crippen LogP contribution in [0.15, 0.2) is 22.7 Å². The number of nitrogens with zero attached hydrogens (tertiary/aromatic N) is 2. The van der Waals surface area contributed by atoms with Gasteiger partial charge >= 0.3 is 0 Å². The molecule has 0 bridgehead atoms. The van der Waals surface area contributed by atoms with Gasteiger partial charge in [-0.25, -0.2) is 4.39 Å². The number of aromatic hydroxyl groups is 1. The van der Waals surface area contributed by atoms with Gasteiger partial charge in [0, 0.05) is 5.92 Å². The van der Waals surface area contributed by atoms with Gasteiger partial charge in [0.2, 0.25) is 0 Å². The second-order valence-corrected chi connectivity index (χ2v) is 3.89. The summed E-state index contributed by atoms with van der Waals surface area (Å²) in [6.45, 7) is 0. The average molecular weight is 220 g/mol. The Bertz CT molecular complexity index is 535. The molecule has 1 saturated carbocycles. The van der Waals surface area contributed by atoms with E-state index in [2.05, 4.69) is 10.1 Å². The van der Waals surface area contributed by atoms with E-state index < -0.39 is 5.82 Å². The average Bonchev–Trinajstić information content (AvgIpc) is 3.01. The fourth-order valence-electron chi connectivity index (χ4n) is 1.53. The fraction of sp³-hybridized carbons (Fsp3) is 0.273. The predicted molar refractivity (Wildman–Crippen MR) is 53.3 cm³/mol. The van der Waals surface area contributed by atoms with E-state index in [1.54, 1.807) is 0 Å². The van der Waals surface area contributed by atoms with E-state index in [1.807, 2.05) is 0 Å². The number of phenolic OH excluding ortho intramolecular Hbond substituents is 1. The van der Waals surface area contributed by atoms with Crippen molar-refractivity contribution in [2.75, 3.05) is 0 Å². The molecule has 0 spiro atoms. The number of aromatic nitrogens is 2. The first kappa shape index (κ1) is 9.33. The van der Waals surface area contributed by atoms with E-state index in [4.69, 9.17) is 4.52 Å². The van der Waals surface area contributed by atoms with Crippen molar-refractivity contribution in [3.8, 4) is 17.2 Å². The summed E-state index contributed by atoms with van der Waals surface area (Å²) in [6.07, 6.45) is 2.13. The number of benzene rings is 1. The van der Waals surface area contributed by atoms with Crippen LogP contribution in [0.5, 0.6) is 5.75 Å². The Morgan fingerprint density at radius 1 is 1.38 bits per heavy atom. The van der Waals surface area contributed by atoms with Crippen molar-refractivity contribution < 1.29 is 14.0 Å². The first-order valence-electron chi connectivity index (χ1n) is 5.06. The molecule has 0 radical (unpaired) electrons. The normalized spacial score (nSPS) is 15.3. The molecule has 5 heteroatoms. The third kappa shape index (κ3) is 1.54. The van der Waals surface area contributed by atoms with Crippen molar-refractivity contribution in [2.45, 2.75) is 18.8 Å². The maximum absolute atomic E-state index is 13.0. The molecule has 1 N–H and O–H groups in total. The molecule has 1 aromatic heterocycles. The van der Waals surface area contributed by atoms with Crippen LogP contribution in [0.4, 0.5) is 4.39 Å². The van der Waals surface area contributed by atoms with E-state index in [1.165, 1.54) is 18.2 Å². The predicted octanol–water partition coefficient (Wildman–Crippen LogP) is 2.46. The molecule has 1 aliphatic rings. The van der Waals surface area contributed by atoms with Crippen LogP contribution in [0.2, 0.25) is 0 Å². The third-order valence-electron chi connectivity index (χ3n) is 2.57. The second kappa shape index (κ2) is 3.30. The van der Waals surface area contributed by atoms with Crippen molar-refractivity contribution in [1.82, 2.24) is 10.1 Å². The van der Waals surface area contributed by atoms with Gasteiger partial charge in [0.05, 0.1) is 5.56 Å². The molecule has 1 fully saturated rings. The van der Waals surface area contributed by atoms with E-state index in [0.717, 1.165) is 12.8 Å². The van der Waals surface area contributed by atoms with Gasteiger partial charge in [0.15, 0.2) is 5.82 Å². The summed E-state index contributed by atoms with van der Waals surface area (Å²) in [5.74, 6) is 0.664. The highest BCUT2D eigenvalue weighted by atomic mass is 19.1. The minimum atomic E-state index is -0.445. The van der Waals surface area contributed by atoms with E-state index >= 15 is 0 Å². The van der Waals surface area contributed by atoms with E-state index in [9.17, 15) is 9.50 Å². The summed E-state index contributed by atoms with van der Waals surface area (Å²) in [4.78, 5) is 4.14. The molecule has 16 heavy (non-hydrogen) atoms. The third-order valence-corrected chi connectivity index (χ3v) is 2.57. The molecule has 1 aromatic carbocycles. The van der Waals surface area contributed by atoms with Crippen LogP contribution in [-0.2, 0) is 0 Å². The summed E-state index contributed by atoms with van der Waals surface area (Å²) in [6, 6.07) is 3.63. The monoisotopic (exact) mass is 220 g/mol. The minimum Gasteiger partial charge on any atom is -0.507 e. The lowest BCUT2D eigenvalue weighted by molar-refractivity contribution is 0.417. The van der Waals surface area contributed by atoms with Gasteiger partial charge in [-0.05, 0) is 31.0 Å². The number of halogens is 1. The minimum absolute atomic E-state index is 0.0626. The van der Waals surface area contributed by atoms with Crippen LogP contribution in [-0.4, -0.2) is 15.2 Å². The molecule has 1 aliphatic carbocycles. The number of hydrogen-bond acceptors (Lipinski definition) is 4. The van der Waals surface area contributed by atoms with Gasteiger partial charge < -0.3 is 9.63 Å². The van der Waals surface area contributed by atoms with Gasteiger partial charge in [-0.15, -0.1) is 0 Å². The Balaban J connectivity index is 2.03. The Morgan fingerprint density at radius 2 is 2.19 bits per heavy atom.